The second kappa shape index (κ2) is 14.6. The number of rotatable bonds is 16. The van der Waals surface area contributed by atoms with Gasteiger partial charge in [0.25, 0.3) is 0 Å². The zero-order valence-electron chi connectivity index (χ0n) is 23.6. The predicted octanol–water partition coefficient (Wildman–Crippen LogP) is 4.71. The van der Waals surface area contributed by atoms with Crippen LogP contribution in [0.15, 0.2) is 29.2 Å². The molecule has 0 saturated carbocycles. The summed E-state index contributed by atoms with van der Waals surface area (Å²) in [5.74, 6) is -0.266. The van der Waals surface area contributed by atoms with Crippen LogP contribution >= 0.6 is 0 Å². The van der Waals surface area contributed by atoms with Gasteiger partial charge in [-0.25, -0.2) is 13.2 Å². The molecule has 1 fully saturated rings. The predicted molar refractivity (Wildman–Crippen MR) is 150 cm³/mol. The average Bonchev–Trinajstić information content (AvgIpc) is 2.85. The lowest BCUT2D eigenvalue weighted by Crippen LogP contribution is -2.73. The fourth-order valence-corrected chi connectivity index (χ4v) is 7.03. The van der Waals surface area contributed by atoms with Gasteiger partial charge in [0, 0.05) is 19.6 Å². The van der Waals surface area contributed by atoms with Gasteiger partial charge in [-0.05, 0) is 43.7 Å². The molecule has 0 aromatic heterocycles. The summed E-state index contributed by atoms with van der Waals surface area (Å²) in [6.45, 7) is 13.6. The first-order valence-electron chi connectivity index (χ1n) is 14.1. The standard InChI is InChI=1S/C28H50N4O4S/c1-6-10-14-22(8-3)18-31-20-28(5,29)27(32(21-31)19-23(9-4)15-11-7-2)30-37(35,36)25-17-13-12-16-24(25)26(33)34/h12-13,16-17,22-23,27,30H,6-11,14-15,18-21,29H2,1-5H3,(H,33,34). The average molecular weight is 539 g/mol. The highest BCUT2D eigenvalue weighted by atomic mass is 32.2. The van der Waals surface area contributed by atoms with Crippen molar-refractivity contribution in [2.75, 3.05) is 26.3 Å². The Morgan fingerprint density at radius 2 is 1.65 bits per heavy atom. The number of nitrogens with one attached hydrogen (secondary N) is 1. The summed E-state index contributed by atoms with van der Waals surface area (Å²) in [7, 11) is -4.13. The van der Waals surface area contributed by atoms with Crippen LogP contribution in [0.3, 0.4) is 0 Å². The summed E-state index contributed by atoms with van der Waals surface area (Å²) in [6.07, 6.45) is 8.36. The van der Waals surface area contributed by atoms with Crippen molar-refractivity contribution in [1.82, 2.24) is 14.5 Å². The summed E-state index contributed by atoms with van der Waals surface area (Å²) in [6, 6.07) is 5.73. The molecular formula is C28H50N4O4S. The molecule has 0 radical (unpaired) electrons. The third-order valence-electron chi connectivity index (χ3n) is 7.71. The number of unbranched alkanes of at least 4 members (excludes halogenated alkanes) is 2. The molecule has 4 atom stereocenters. The Hall–Kier alpha value is -1.52. The molecule has 1 saturated heterocycles. The van der Waals surface area contributed by atoms with Crippen molar-refractivity contribution >= 4 is 16.0 Å². The van der Waals surface area contributed by atoms with E-state index in [0.717, 1.165) is 45.2 Å². The molecule has 8 nitrogen and oxygen atoms in total. The zero-order valence-corrected chi connectivity index (χ0v) is 24.4. The maximum atomic E-state index is 13.5. The topological polar surface area (TPSA) is 116 Å². The molecule has 0 spiro atoms. The van der Waals surface area contributed by atoms with Gasteiger partial charge in [0.1, 0.15) is 0 Å². The number of carboxylic acid groups (broad SMARTS) is 1. The summed E-state index contributed by atoms with van der Waals surface area (Å²) in [4.78, 5) is 16.1. The smallest absolute Gasteiger partial charge is 0.337 e. The van der Waals surface area contributed by atoms with Crippen molar-refractivity contribution in [2.24, 2.45) is 17.6 Å². The fourth-order valence-electron chi connectivity index (χ4n) is 5.49. The molecule has 1 heterocycles. The Balaban J connectivity index is 2.38. The van der Waals surface area contributed by atoms with Crippen LogP contribution in [0.25, 0.3) is 0 Å². The number of sulfonamides is 1. The van der Waals surface area contributed by atoms with Gasteiger partial charge in [0.15, 0.2) is 0 Å². The van der Waals surface area contributed by atoms with E-state index in [2.05, 4.69) is 42.2 Å². The number of nitrogens with zero attached hydrogens (tertiary/aromatic N) is 2. The third kappa shape index (κ3) is 9.03. The quantitative estimate of drug-likeness (QED) is 0.279. The van der Waals surface area contributed by atoms with Gasteiger partial charge in [0.05, 0.1) is 28.8 Å². The number of carbonyl (C=O) groups is 1. The van der Waals surface area contributed by atoms with E-state index >= 15 is 0 Å². The number of hydrogen-bond acceptors (Lipinski definition) is 6. The first-order chi connectivity index (χ1) is 17.5. The largest absolute Gasteiger partial charge is 0.478 e. The molecular weight excluding hydrogens is 488 g/mol. The van der Waals surface area contributed by atoms with E-state index in [9.17, 15) is 18.3 Å². The highest BCUT2D eigenvalue weighted by Crippen LogP contribution is 2.28. The molecule has 37 heavy (non-hydrogen) atoms. The molecule has 0 amide bonds. The van der Waals surface area contributed by atoms with Crippen molar-refractivity contribution in [3.63, 3.8) is 0 Å². The summed E-state index contributed by atoms with van der Waals surface area (Å²) in [5.41, 5.74) is 5.79. The molecule has 4 unspecified atom stereocenters. The summed E-state index contributed by atoms with van der Waals surface area (Å²) < 4.78 is 29.9. The van der Waals surface area contributed by atoms with Crippen molar-refractivity contribution in [2.45, 2.75) is 103 Å². The SMILES string of the molecule is CCCCC(CC)CN1CN(CC(CC)CCCC)C(NS(=O)(=O)c2ccccc2C(=O)O)C(C)(N)C1. The van der Waals surface area contributed by atoms with Crippen LogP contribution in [0, 0.1) is 11.8 Å². The van der Waals surface area contributed by atoms with E-state index in [0.29, 0.717) is 25.0 Å². The minimum atomic E-state index is -4.13. The lowest BCUT2D eigenvalue weighted by molar-refractivity contribution is -0.0325. The van der Waals surface area contributed by atoms with Crippen LogP contribution in [-0.2, 0) is 10.0 Å². The first-order valence-corrected chi connectivity index (χ1v) is 15.6. The molecule has 1 aromatic carbocycles. The minimum Gasteiger partial charge on any atom is -0.478 e. The van der Waals surface area contributed by atoms with Crippen LogP contribution < -0.4 is 10.5 Å². The zero-order chi connectivity index (χ0) is 27.6. The normalized spacial score (nSPS) is 23.1. The van der Waals surface area contributed by atoms with Crippen LogP contribution in [0.1, 0.15) is 96.3 Å². The van der Waals surface area contributed by atoms with E-state index in [4.69, 9.17) is 5.73 Å². The lowest BCUT2D eigenvalue weighted by Gasteiger charge is -2.52. The van der Waals surface area contributed by atoms with Crippen LogP contribution in [0.2, 0.25) is 0 Å². The monoisotopic (exact) mass is 538 g/mol. The van der Waals surface area contributed by atoms with Gasteiger partial charge in [-0.15, -0.1) is 0 Å². The third-order valence-corrected chi connectivity index (χ3v) is 9.17. The van der Waals surface area contributed by atoms with E-state index in [1.807, 2.05) is 6.92 Å². The molecule has 0 aliphatic carbocycles. The Kier molecular flexibility index (Phi) is 12.5. The highest BCUT2D eigenvalue weighted by molar-refractivity contribution is 7.89. The van der Waals surface area contributed by atoms with Crippen molar-refractivity contribution < 1.29 is 18.3 Å². The maximum absolute atomic E-state index is 13.5. The van der Waals surface area contributed by atoms with Crippen molar-refractivity contribution in [1.29, 1.82) is 0 Å². The molecule has 1 aliphatic heterocycles. The van der Waals surface area contributed by atoms with Gasteiger partial charge < -0.3 is 10.8 Å². The molecule has 212 valence electrons. The molecule has 0 bridgehead atoms. The van der Waals surface area contributed by atoms with Gasteiger partial charge in [-0.2, -0.15) is 4.72 Å². The Bertz CT molecular complexity index is 953. The lowest BCUT2D eigenvalue weighted by atomic mass is 9.91. The van der Waals surface area contributed by atoms with Crippen LogP contribution in [-0.4, -0.2) is 67.3 Å². The van der Waals surface area contributed by atoms with Crippen LogP contribution in [0.4, 0.5) is 0 Å². The van der Waals surface area contributed by atoms with E-state index in [1.165, 1.54) is 37.5 Å². The van der Waals surface area contributed by atoms with Crippen molar-refractivity contribution in [3.05, 3.63) is 29.8 Å². The number of benzene rings is 1. The van der Waals surface area contributed by atoms with E-state index in [1.54, 1.807) is 6.07 Å². The Morgan fingerprint density at radius 3 is 2.19 bits per heavy atom. The minimum absolute atomic E-state index is 0.232. The van der Waals surface area contributed by atoms with Crippen LogP contribution in [0.5, 0.6) is 0 Å². The molecule has 4 N–H and O–H groups in total. The second-order valence-electron chi connectivity index (χ2n) is 11.1. The molecule has 9 heteroatoms. The number of carboxylic acids is 1. The summed E-state index contributed by atoms with van der Waals surface area (Å²) >= 11 is 0. The number of aromatic carboxylic acids is 1. The first kappa shape index (κ1) is 31.7. The summed E-state index contributed by atoms with van der Waals surface area (Å²) in [5, 5.41) is 9.59. The van der Waals surface area contributed by atoms with Gasteiger partial charge >= 0.3 is 5.97 Å². The molecule has 1 aliphatic rings. The molecule has 1 aromatic rings. The number of hydrogen-bond donors (Lipinski definition) is 3. The maximum Gasteiger partial charge on any atom is 0.337 e. The highest BCUT2D eigenvalue weighted by Gasteiger charge is 2.44. The van der Waals surface area contributed by atoms with Crippen molar-refractivity contribution in [3.8, 4) is 0 Å². The Labute approximate surface area is 225 Å². The van der Waals surface area contributed by atoms with Gasteiger partial charge in [0.2, 0.25) is 10.0 Å². The van der Waals surface area contributed by atoms with Gasteiger partial charge in [-0.3, -0.25) is 9.80 Å². The van der Waals surface area contributed by atoms with E-state index in [-0.39, 0.29) is 10.5 Å². The number of nitrogens with two attached hydrogens (primary N) is 1. The Morgan fingerprint density at radius 1 is 1.08 bits per heavy atom. The van der Waals surface area contributed by atoms with E-state index < -0.39 is 27.7 Å². The van der Waals surface area contributed by atoms with Gasteiger partial charge in [-0.1, -0.05) is 78.4 Å². The second-order valence-corrected chi connectivity index (χ2v) is 12.8. The molecule has 2 rings (SSSR count). The fraction of sp³-hybridized carbons (Fsp3) is 0.750.